The van der Waals surface area contributed by atoms with E-state index >= 15 is 0 Å². The fourth-order valence-corrected chi connectivity index (χ4v) is 2.39. The maximum absolute atomic E-state index is 11.9. The van der Waals surface area contributed by atoms with Crippen molar-refractivity contribution in [3.63, 3.8) is 0 Å². The van der Waals surface area contributed by atoms with Crippen molar-refractivity contribution < 1.29 is 19.4 Å². The van der Waals surface area contributed by atoms with Gasteiger partial charge in [-0.05, 0) is 11.6 Å². The number of carbonyl (C=O) groups is 1. The summed E-state index contributed by atoms with van der Waals surface area (Å²) < 4.78 is 10.1. The van der Waals surface area contributed by atoms with E-state index in [1.807, 2.05) is 12.1 Å². The number of hydrogen-bond acceptors (Lipinski definition) is 6. The Kier molecular flexibility index (Phi) is 4.94. The van der Waals surface area contributed by atoms with Gasteiger partial charge < -0.3 is 20.3 Å². The first-order valence-electron chi connectivity index (χ1n) is 6.55. The summed E-state index contributed by atoms with van der Waals surface area (Å²) >= 11 is 0. The predicted octanol–water partition coefficient (Wildman–Crippen LogP) is 0.248. The zero-order chi connectivity index (χ0) is 14.5. The fraction of sp³-hybridized carbons (Fsp3) is 0.500. The van der Waals surface area contributed by atoms with E-state index in [1.54, 1.807) is 6.07 Å². The van der Waals surface area contributed by atoms with Crippen LogP contribution in [0.4, 0.5) is 5.69 Å². The number of aliphatic hydroxyl groups excluding tert-OH is 1. The van der Waals surface area contributed by atoms with Crippen LogP contribution in [0.15, 0.2) is 18.2 Å². The number of benzene rings is 1. The number of esters is 1. The Morgan fingerprint density at radius 1 is 1.60 bits per heavy atom. The van der Waals surface area contributed by atoms with Crippen LogP contribution in [0.2, 0.25) is 0 Å². The van der Waals surface area contributed by atoms with Crippen LogP contribution in [0.5, 0.6) is 0 Å². The molecule has 0 bridgehead atoms. The maximum atomic E-state index is 11.9. The number of anilines is 1. The summed E-state index contributed by atoms with van der Waals surface area (Å²) in [5.74, 6) is -0.438. The molecule has 2 rings (SSSR count). The van der Waals surface area contributed by atoms with Crippen LogP contribution in [0.1, 0.15) is 15.9 Å². The second-order valence-corrected chi connectivity index (χ2v) is 4.75. The maximum Gasteiger partial charge on any atom is 0.340 e. The topological polar surface area (TPSA) is 85.0 Å². The summed E-state index contributed by atoms with van der Waals surface area (Å²) in [6.45, 7) is 2.37. The molecule has 20 heavy (non-hydrogen) atoms. The molecule has 1 aromatic carbocycles. The number of hydrogen-bond donors (Lipinski definition) is 2. The summed E-state index contributed by atoms with van der Waals surface area (Å²) in [7, 11) is 1.34. The summed E-state index contributed by atoms with van der Waals surface area (Å²) in [6.07, 6.45) is 0. The highest BCUT2D eigenvalue weighted by Crippen LogP contribution is 2.21. The third-order valence-corrected chi connectivity index (χ3v) is 3.51. The Labute approximate surface area is 118 Å². The Bertz CT molecular complexity index is 478. The Balaban J connectivity index is 2.24. The summed E-state index contributed by atoms with van der Waals surface area (Å²) in [5.41, 5.74) is 7.49. The van der Waals surface area contributed by atoms with Crippen LogP contribution in [-0.4, -0.2) is 55.5 Å². The van der Waals surface area contributed by atoms with Crippen molar-refractivity contribution in [2.45, 2.75) is 12.6 Å². The van der Waals surface area contributed by atoms with Crippen molar-refractivity contribution in [1.29, 1.82) is 0 Å². The van der Waals surface area contributed by atoms with Gasteiger partial charge in [0.15, 0.2) is 0 Å². The lowest BCUT2D eigenvalue weighted by Gasteiger charge is -2.34. The zero-order valence-electron chi connectivity index (χ0n) is 11.5. The highest BCUT2D eigenvalue weighted by Gasteiger charge is 2.24. The molecule has 1 aliphatic rings. The highest BCUT2D eigenvalue weighted by molar-refractivity contribution is 5.96. The highest BCUT2D eigenvalue weighted by atomic mass is 16.5. The number of nitrogen functional groups attached to an aromatic ring is 1. The molecular weight excluding hydrogens is 260 g/mol. The summed E-state index contributed by atoms with van der Waals surface area (Å²) in [4.78, 5) is 13.9. The molecule has 0 radical (unpaired) electrons. The molecule has 6 heteroatoms. The molecule has 1 unspecified atom stereocenters. The van der Waals surface area contributed by atoms with E-state index in [2.05, 4.69) is 4.90 Å². The molecule has 6 nitrogen and oxygen atoms in total. The second-order valence-electron chi connectivity index (χ2n) is 4.75. The van der Waals surface area contributed by atoms with Crippen LogP contribution < -0.4 is 5.73 Å². The van der Waals surface area contributed by atoms with Gasteiger partial charge in [-0.1, -0.05) is 12.1 Å². The molecular formula is C14H20N2O4. The Hall–Kier alpha value is -1.63. The van der Waals surface area contributed by atoms with Gasteiger partial charge in [-0.15, -0.1) is 0 Å². The Morgan fingerprint density at radius 2 is 2.40 bits per heavy atom. The average molecular weight is 280 g/mol. The number of nitrogens with two attached hydrogens (primary N) is 1. The number of ether oxygens (including phenoxy) is 2. The van der Waals surface area contributed by atoms with Gasteiger partial charge >= 0.3 is 5.97 Å². The molecule has 1 aliphatic heterocycles. The van der Waals surface area contributed by atoms with E-state index in [9.17, 15) is 9.90 Å². The van der Waals surface area contributed by atoms with Crippen molar-refractivity contribution in [3.05, 3.63) is 29.3 Å². The van der Waals surface area contributed by atoms with Crippen molar-refractivity contribution in [1.82, 2.24) is 4.90 Å². The third kappa shape index (κ3) is 3.09. The van der Waals surface area contributed by atoms with Gasteiger partial charge in [-0.3, -0.25) is 4.90 Å². The van der Waals surface area contributed by atoms with Crippen molar-refractivity contribution >= 4 is 11.7 Å². The Morgan fingerprint density at radius 3 is 3.10 bits per heavy atom. The van der Waals surface area contributed by atoms with Crippen LogP contribution >= 0.6 is 0 Å². The normalized spacial score (nSPS) is 19.8. The number of carbonyl (C=O) groups excluding carboxylic acids is 1. The number of aliphatic hydroxyl groups is 1. The summed E-state index contributed by atoms with van der Waals surface area (Å²) in [6, 6.07) is 5.28. The second kappa shape index (κ2) is 6.69. The van der Waals surface area contributed by atoms with Crippen molar-refractivity contribution in [3.8, 4) is 0 Å². The lowest BCUT2D eigenvalue weighted by atomic mass is 10.0. The van der Waals surface area contributed by atoms with Gasteiger partial charge in [0.05, 0.1) is 38.5 Å². The number of methoxy groups -OCH3 is 1. The molecule has 110 valence electrons. The molecule has 1 saturated heterocycles. The fourth-order valence-electron chi connectivity index (χ4n) is 2.39. The number of rotatable bonds is 4. The molecule has 0 spiro atoms. The third-order valence-electron chi connectivity index (χ3n) is 3.51. The SMILES string of the molecule is COC(=O)c1c(N)cccc1CN1CCOCC1CO. The largest absolute Gasteiger partial charge is 0.465 e. The smallest absolute Gasteiger partial charge is 0.340 e. The molecule has 1 aromatic rings. The summed E-state index contributed by atoms with van der Waals surface area (Å²) in [5, 5.41) is 9.38. The standard InChI is InChI=1S/C14H20N2O4/c1-19-14(18)13-10(3-2-4-12(13)15)7-16-5-6-20-9-11(16)8-17/h2-4,11,17H,5-9,15H2,1H3. The van der Waals surface area contributed by atoms with E-state index in [0.29, 0.717) is 37.6 Å². The van der Waals surface area contributed by atoms with Crippen LogP contribution in [0, 0.1) is 0 Å². The molecule has 3 N–H and O–H groups in total. The molecule has 0 aliphatic carbocycles. The lowest BCUT2D eigenvalue weighted by molar-refractivity contribution is -0.0313. The average Bonchev–Trinajstić information content (AvgIpc) is 2.47. The quantitative estimate of drug-likeness (QED) is 0.607. The minimum Gasteiger partial charge on any atom is -0.465 e. The van der Waals surface area contributed by atoms with Crippen LogP contribution in [0.25, 0.3) is 0 Å². The molecule has 1 atom stereocenters. The van der Waals surface area contributed by atoms with Crippen LogP contribution in [-0.2, 0) is 16.0 Å². The monoisotopic (exact) mass is 280 g/mol. The molecule has 0 aromatic heterocycles. The first kappa shape index (κ1) is 14.8. The molecule has 0 saturated carbocycles. The van der Waals surface area contributed by atoms with E-state index < -0.39 is 5.97 Å². The number of nitrogens with zero attached hydrogens (tertiary/aromatic N) is 1. The van der Waals surface area contributed by atoms with Gasteiger partial charge in [-0.2, -0.15) is 0 Å². The van der Waals surface area contributed by atoms with E-state index in [1.165, 1.54) is 7.11 Å². The van der Waals surface area contributed by atoms with Gasteiger partial charge in [-0.25, -0.2) is 4.79 Å². The number of morpholine rings is 1. The van der Waals surface area contributed by atoms with Gasteiger partial charge in [0.2, 0.25) is 0 Å². The predicted molar refractivity (Wildman–Crippen MR) is 74.3 cm³/mol. The molecule has 1 heterocycles. The van der Waals surface area contributed by atoms with Gasteiger partial charge in [0, 0.05) is 18.8 Å². The molecule has 0 amide bonds. The minimum absolute atomic E-state index is 0.0237. The zero-order valence-corrected chi connectivity index (χ0v) is 11.5. The first-order valence-corrected chi connectivity index (χ1v) is 6.55. The van der Waals surface area contributed by atoms with E-state index in [-0.39, 0.29) is 12.6 Å². The van der Waals surface area contributed by atoms with Crippen LogP contribution in [0.3, 0.4) is 0 Å². The minimum atomic E-state index is -0.438. The van der Waals surface area contributed by atoms with Crippen molar-refractivity contribution in [2.75, 3.05) is 39.2 Å². The lowest BCUT2D eigenvalue weighted by Crippen LogP contribution is -2.47. The molecule has 1 fully saturated rings. The van der Waals surface area contributed by atoms with E-state index in [0.717, 1.165) is 5.56 Å². The van der Waals surface area contributed by atoms with Gasteiger partial charge in [0.1, 0.15) is 0 Å². The van der Waals surface area contributed by atoms with E-state index in [4.69, 9.17) is 15.2 Å². The van der Waals surface area contributed by atoms with Crippen molar-refractivity contribution in [2.24, 2.45) is 0 Å². The first-order chi connectivity index (χ1) is 9.67. The van der Waals surface area contributed by atoms with Gasteiger partial charge in [0.25, 0.3) is 0 Å².